The molecule has 2 aromatic rings. The van der Waals surface area contributed by atoms with Crippen molar-refractivity contribution in [2.75, 3.05) is 34.0 Å². The standard InChI is InChI=1S/C21H27NO4/c1-24-15-18-12-16(8-9-19(18)25-2)13-22-10-11-26-20(14-23)21(22)17-6-4-3-5-7-17/h3-9,12,20-21,23H,10-11,13-15H2,1-2H3/t20-,21-/m1/s1. The van der Waals surface area contributed by atoms with Gasteiger partial charge in [0.15, 0.2) is 0 Å². The number of nitrogens with zero attached hydrogens (tertiary/aromatic N) is 1. The van der Waals surface area contributed by atoms with Crippen molar-refractivity contribution in [3.8, 4) is 5.75 Å². The Kier molecular flexibility index (Phi) is 6.63. The normalized spacial score (nSPS) is 20.9. The summed E-state index contributed by atoms with van der Waals surface area (Å²) in [4.78, 5) is 2.37. The number of benzene rings is 2. The van der Waals surface area contributed by atoms with Gasteiger partial charge in [-0.25, -0.2) is 0 Å². The predicted octanol–water partition coefficient (Wildman–Crippen LogP) is 2.78. The van der Waals surface area contributed by atoms with Crippen molar-refractivity contribution in [2.45, 2.75) is 25.3 Å². The Hall–Kier alpha value is -1.92. The number of rotatable bonds is 7. The van der Waals surface area contributed by atoms with Gasteiger partial charge in [-0.2, -0.15) is 0 Å². The maximum Gasteiger partial charge on any atom is 0.124 e. The molecule has 0 saturated carbocycles. The molecule has 2 atom stereocenters. The molecule has 1 N–H and O–H groups in total. The molecule has 5 heteroatoms. The molecule has 0 aromatic heterocycles. The van der Waals surface area contributed by atoms with Gasteiger partial charge in [0.1, 0.15) is 11.9 Å². The van der Waals surface area contributed by atoms with Crippen LogP contribution in [0.25, 0.3) is 0 Å². The van der Waals surface area contributed by atoms with E-state index in [4.69, 9.17) is 14.2 Å². The fraction of sp³-hybridized carbons (Fsp3) is 0.429. The van der Waals surface area contributed by atoms with Crippen molar-refractivity contribution in [3.63, 3.8) is 0 Å². The molecular formula is C21H27NO4. The molecule has 5 nitrogen and oxygen atoms in total. The molecule has 0 spiro atoms. The smallest absolute Gasteiger partial charge is 0.124 e. The van der Waals surface area contributed by atoms with E-state index in [0.29, 0.717) is 13.2 Å². The van der Waals surface area contributed by atoms with Crippen LogP contribution >= 0.6 is 0 Å². The molecule has 0 unspecified atom stereocenters. The zero-order valence-electron chi connectivity index (χ0n) is 15.4. The van der Waals surface area contributed by atoms with Crippen LogP contribution in [-0.2, 0) is 22.6 Å². The molecule has 0 radical (unpaired) electrons. The lowest BCUT2D eigenvalue weighted by Gasteiger charge is -2.41. The molecule has 0 amide bonds. The second-order valence-electron chi connectivity index (χ2n) is 6.50. The van der Waals surface area contributed by atoms with Crippen LogP contribution in [0.4, 0.5) is 0 Å². The highest BCUT2D eigenvalue weighted by molar-refractivity contribution is 5.37. The van der Waals surface area contributed by atoms with Crippen molar-refractivity contribution >= 4 is 0 Å². The number of aliphatic hydroxyl groups is 1. The van der Waals surface area contributed by atoms with Gasteiger partial charge in [-0.15, -0.1) is 0 Å². The van der Waals surface area contributed by atoms with Gasteiger partial charge in [-0.1, -0.05) is 36.4 Å². The van der Waals surface area contributed by atoms with Gasteiger partial charge in [0, 0.05) is 25.8 Å². The summed E-state index contributed by atoms with van der Waals surface area (Å²) in [5, 5.41) is 9.80. The largest absolute Gasteiger partial charge is 0.496 e. The molecule has 0 aliphatic carbocycles. The van der Waals surface area contributed by atoms with Crippen LogP contribution in [0.2, 0.25) is 0 Å². The monoisotopic (exact) mass is 357 g/mol. The third kappa shape index (κ3) is 4.24. The lowest BCUT2D eigenvalue weighted by Crippen LogP contribution is -2.46. The van der Waals surface area contributed by atoms with E-state index in [2.05, 4.69) is 29.2 Å². The van der Waals surface area contributed by atoms with Crippen LogP contribution in [0.3, 0.4) is 0 Å². The van der Waals surface area contributed by atoms with Gasteiger partial charge < -0.3 is 19.3 Å². The van der Waals surface area contributed by atoms with E-state index in [9.17, 15) is 5.11 Å². The Labute approximate surface area is 155 Å². The van der Waals surface area contributed by atoms with Gasteiger partial charge in [0.05, 0.1) is 33.0 Å². The Balaban J connectivity index is 1.85. The van der Waals surface area contributed by atoms with Crippen molar-refractivity contribution in [1.82, 2.24) is 4.90 Å². The van der Waals surface area contributed by atoms with Gasteiger partial charge >= 0.3 is 0 Å². The van der Waals surface area contributed by atoms with Crippen LogP contribution in [0.1, 0.15) is 22.7 Å². The number of morpholine rings is 1. The Morgan fingerprint density at radius 3 is 2.65 bits per heavy atom. The highest BCUT2D eigenvalue weighted by atomic mass is 16.5. The quantitative estimate of drug-likeness (QED) is 0.826. The Morgan fingerprint density at radius 1 is 1.15 bits per heavy atom. The lowest BCUT2D eigenvalue weighted by molar-refractivity contribution is -0.0960. The molecule has 1 saturated heterocycles. The molecule has 1 fully saturated rings. The summed E-state index contributed by atoms with van der Waals surface area (Å²) in [5.41, 5.74) is 3.39. The number of hydrogen-bond donors (Lipinski definition) is 1. The number of ether oxygens (including phenoxy) is 3. The highest BCUT2D eigenvalue weighted by Crippen LogP contribution is 2.31. The molecule has 2 aromatic carbocycles. The van der Waals surface area contributed by atoms with Crippen LogP contribution in [-0.4, -0.2) is 50.1 Å². The van der Waals surface area contributed by atoms with E-state index in [0.717, 1.165) is 30.0 Å². The molecule has 3 rings (SSSR count). The number of hydrogen-bond acceptors (Lipinski definition) is 5. The maximum absolute atomic E-state index is 9.80. The van der Waals surface area contributed by atoms with Crippen LogP contribution < -0.4 is 4.74 Å². The van der Waals surface area contributed by atoms with Crippen LogP contribution in [0.15, 0.2) is 48.5 Å². The molecule has 0 bridgehead atoms. The topological polar surface area (TPSA) is 51.2 Å². The number of aliphatic hydroxyl groups excluding tert-OH is 1. The average molecular weight is 357 g/mol. The van der Waals surface area contributed by atoms with Crippen LogP contribution in [0, 0.1) is 0 Å². The molecular weight excluding hydrogens is 330 g/mol. The zero-order valence-corrected chi connectivity index (χ0v) is 15.4. The van der Waals surface area contributed by atoms with Gasteiger partial charge in [0.25, 0.3) is 0 Å². The Morgan fingerprint density at radius 2 is 1.96 bits per heavy atom. The number of methoxy groups -OCH3 is 2. The first kappa shape index (κ1) is 18.9. The SMILES string of the molecule is COCc1cc(CN2CCO[C@H](CO)[C@H]2c2ccccc2)ccc1OC. The third-order valence-electron chi connectivity index (χ3n) is 4.81. The van der Waals surface area contributed by atoms with Crippen LogP contribution in [0.5, 0.6) is 5.75 Å². The van der Waals surface area contributed by atoms with E-state index in [-0.39, 0.29) is 18.8 Å². The molecule has 1 aliphatic heterocycles. The summed E-state index contributed by atoms with van der Waals surface area (Å²) >= 11 is 0. The van der Waals surface area contributed by atoms with Crippen molar-refractivity contribution < 1.29 is 19.3 Å². The summed E-state index contributed by atoms with van der Waals surface area (Å²) in [6, 6.07) is 16.5. The second-order valence-corrected chi connectivity index (χ2v) is 6.50. The van der Waals surface area contributed by atoms with Crippen molar-refractivity contribution in [3.05, 3.63) is 65.2 Å². The fourth-order valence-electron chi connectivity index (χ4n) is 3.63. The third-order valence-corrected chi connectivity index (χ3v) is 4.81. The predicted molar refractivity (Wildman–Crippen MR) is 100 cm³/mol. The molecule has 1 aliphatic rings. The minimum atomic E-state index is -0.220. The lowest BCUT2D eigenvalue weighted by atomic mass is 9.97. The first-order chi connectivity index (χ1) is 12.8. The van der Waals surface area contributed by atoms with E-state index in [1.54, 1.807) is 14.2 Å². The summed E-state index contributed by atoms with van der Waals surface area (Å²) in [6.07, 6.45) is -0.220. The highest BCUT2D eigenvalue weighted by Gasteiger charge is 2.33. The van der Waals surface area contributed by atoms with E-state index in [1.165, 1.54) is 5.56 Å². The van der Waals surface area contributed by atoms with Gasteiger partial charge in [-0.3, -0.25) is 4.90 Å². The summed E-state index contributed by atoms with van der Waals surface area (Å²) in [6.45, 7) is 2.74. The fourth-order valence-corrected chi connectivity index (χ4v) is 3.63. The van der Waals surface area contributed by atoms with Crippen molar-refractivity contribution in [2.24, 2.45) is 0 Å². The summed E-state index contributed by atoms with van der Waals surface area (Å²) in [5.74, 6) is 0.838. The molecule has 140 valence electrons. The first-order valence-electron chi connectivity index (χ1n) is 8.93. The zero-order chi connectivity index (χ0) is 18.4. The summed E-state index contributed by atoms with van der Waals surface area (Å²) in [7, 11) is 3.36. The van der Waals surface area contributed by atoms with E-state index < -0.39 is 0 Å². The average Bonchev–Trinajstić information content (AvgIpc) is 2.69. The first-order valence-corrected chi connectivity index (χ1v) is 8.93. The summed E-state index contributed by atoms with van der Waals surface area (Å²) < 4.78 is 16.5. The van der Waals surface area contributed by atoms with Crippen molar-refractivity contribution in [1.29, 1.82) is 0 Å². The van der Waals surface area contributed by atoms with Gasteiger partial charge in [-0.05, 0) is 23.3 Å². The molecule has 1 heterocycles. The minimum absolute atomic E-state index is 0.00754. The maximum atomic E-state index is 9.80. The minimum Gasteiger partial charge on any atom is -0.496 e. The molecule has 26 heavy (non-hydrogen) atoms. The van der Waals surface area contributed by atoms with E-state index in [1.807, 2.05) is 24.3 Å². The van der Waals surface area contributed by atoms with Gasteiger partial charge in [0.2, 0.25) is 0 Å². The second kappa shape index (κ2) is 9.14. The Bertz CT molecular complexity index is 692. The van der Waals surface area contributed by atoms with E-state index >= 15 is 0 Å².